The van der Waals surface area contributed by atoms with Crippen LogP contribution >= 0.6 is 0 Å². The third kappa shape index (κ3) is 2.94. The number of halogens is 1. The minimum absolute atomic E-state index is 0.0706. The summed E-state index contributed by atoms with van der Waals surface area (Å²) in [6, 6.07) is 3.70. The van der Waals surface area contributed by atoms with Crippen molar-refractivity contribution in [3.05, 3.63) is 29.6 Å². The van der Waals surface area contributed by atoms with E-state index in [1.165, 1.54) is 12.1 Å². The van der Waals surface area contributed by atoms with E-state index in [9.17, 15) is 9.18 Å². The Kier molecular flexibility index (Phi) is 3.58. The summed E-state index contributed by atoms with van der Waals surface area (Å²) in [6.45, 7) is 1.24. The fourth-order valence-corrected chi connectivity index (χ4v) is 1.82. The Morgan fingerprint density at radius 2 is 2.41 bits per heavy atom. The van der Waals surface area contributed by atoms with Crippen LogP contribution in [0.2, 0.25) is 0 Å². The van der Waals surface area contributed by atoms with Crippen molar-refractivity contribution in [1.82, 2.24) is 0 Å². The number of ether oxygens (including phenoxy) is 1. The molecule has 1 aromatic rings. The van der Waals surface area contributed by atoms with Gasteiger partial charge in [0.05, 0.1) is 17.4 Å². The molecule has 1 fully saturated rings. The van der Waals surface area contributed by atoms with Crippen molar-refractivity contribution in [2.24, 2.45) is 0 Å². The van der Waals surface area contributed by atoms with Crippen LogP contribution in [-0.4, -0.2) is 30.3 Å². The zero-order valence-corrected chi connectivity index (χ0v) is 9.28. The highest BCUT2D eigenvalue weighted by molar-refractivity contribution is 5.88. The average molecular weight is 239 g/mol. The van der Waals surface area contributed by atoms with E-state index in [1.807, 2.05) is 0 Å². The molecule has 1 heterocycles. The highest BCUT2D eigenvalue weighted by Gasteiger charge is 2.16. The van der Waals surface area contributed by atoms with Crippen LogP contribution < -0.4 is 5.32 Å². The Labute approximate surface area is 98.4 Å². The lowest BCUT2D eigenvalue weighted by molar-refractivity contribution is 0.0697. The number of hydrogen-bond acceptors (Lipinski definition) is 3. The van der Waals surface area contributed by atoms with Crippen LogP contribution in [0.1, 0.15) is 23.2 Å². The number of carboxylic acid groups (broad SMARTS) is 1. The van der Waals surface area contributed by atoms with Crippen LogP contribution in [-0.2, 0) is 4.74 Å². The third-order valence-electron chi connectivity index (χ3n) is 2.76. The van der Waals surface area contributed by atoms with Crippen LogP contribution in [0.15, 0.2) is 18.2 Å². The summed E-state index contributed by atoms with van der Waals surface area (Å²) in [5.74, 6) is -1.52. The summed E-state index contributed by atoms with van der Waals surface area (Å²) in [4.78, 5) is 10.8. The van der Waals surface area contributed by atoms with Crippen molar-refractivity contribution in [3.8, 4) is 0 Å². The molecular formula is C12H14FNO3. The molecule has 1 saturated heterocycles. The first-order valence-electron chi connectivity index (χ1n) is 5.55. The van der Waals surface area contributed by atoms with Gasteiger partial charge in [0.25, 0.3) is 0 Å². The molecule has 1 aliphatic rings. The molecule has 2 rings (SSSR count). The number of anilines is 1. The molecule has 0 radical (unpaired) electrons. The van der Waals surface area contributed by atoms with Gasteiger partial charge in [-0.15, -0.1) is 0 Å². The molecule has 1 aliphatic heterocycles. The van der Waals surface area contributed by atoms with Crippen molar-refractivity contribution in [1.29, 1.82) is 0 Å². The maximum absolute atomic E-state index is 13.4. The van der Waals surface area contributed by atoms with E-state index in [4.69, 9.17) is 9.84 Å². The standard InChI is InChI=1S/C12H14FNO3/c13-10-4-3-8(12(15)16)6-11(10)14-7-9-2-1-5-17-9/h3-4,6,9,14H,1-2,5,7H2,(H,15,16). The quantitative estimate of drug-likeness (QED) is 0.844. The molecule has 0 saturated carbocycles. The Balaban J connectivity index is 2.03. The van der Waals surface area contributed by atoms with Gasteiger partial charge in [-0.05, 0) is 31.0 Å². The largest absolute Gasteiger partial charge is 0.478 e. The topological polar surface area (TPSA) is 58.6 Å². The lowest BCUT2D eigenvalue weighted by Gasteiger charge is -2.12. The van der Waals surface area contributed by atoms with Crippen molar-refractivity contribution < 1.29 is 19.0 Å². The first-order valence-corrected chi connectivity index (χ1v) is 5.55. The number of nitrogens with one attached hydrogen (secondary N) is 1. The lowest BCUT2D eigenvalue weighted by Crippen LogP contribution is -2.19. The summed E-state index contributed by atoms with van der Waals surface area (Å²) in [7, 11) is 0. The molecule has 2 N–H and O–H groups in total. The van der Waals surface area contributed by atoms with Gasteiger partial charge in [0, 0.05) is 13.2 Å². The maximum Gasteiger partial charge on any atom is 0.335 e. The van der Waals surface area contributed by atoms with E-state index in [2.05, 4.69) is 5.32 Å². The summed E-state index contributed by atoms with van der Waals surface area (Å²) in [5, 5.41) is 11.7. The van der Waals surface area contributed by atoms with E-state index in [0.717, 1.165) is 25.5 Å². The SMILES string of the molecule is O=C(O)c1ccc(F)c(NCC2CCCO2)c1. The summed E-state index contributed by atoms with van der Waals surface area (Å²) >= 11 is 0. The molecule has 5 heteroatoms. The minimum Gasteiger partial charge on any atom is -0.478 e. The third-order valence-corrected chi connectivity index (χ3v) is 2.76. The molecule has 0 aromatic heterocycles. The van der Waals surface area contributed by atoms with E-state index in [1.54, 1.807) is 0 Å². The van der Waals surface area contributed by atoms with Crippen LogP contribution in [0.5, 0.6) is 0 Å². The highest BCUT2D eigenvalue weighted by Crippen LogP contribution is 2.18. The van der Waals surface area contributed by atoms with E-state index >= 15 is 0 Å². The Bertz CT molecular complexity index is 416. The van der Waals surface area contributed by atoms with Crippen molar-refractivity contribution in [2.75, 3.05) is 18.5 Å². The second kappa shape index (κ2) is 5.14. The van der Waals surface area contributed by atoms with Gasteiger partial charge in [-0.25, -0.2) is 9.18 Å². The number of rotatable bonds is 4. The van der Waals surface area contributed by atoms with Gasteiger partial charge in [0.2, 0.25) is 0 Å². The number of benzene rings is 1. The normalized spacial score (nSPS) is 19.2. The van der Waals surface area contributed by atoms with Crippen LogP contribution in [0.25, 0.3) is 0 Å². The predicted octanol–water partition coefficient (Wildman–Crippen LogP) is 2.11. The average Bonchev–Trinajstić information content (AvgIpc) is 2.80. The smallest absolute Gasteiger partial charge is 0.335 e. The number of aromatic carboxylic acids is 1. The zero-order chi connectivity index (χ0) is 12.3. The van der Waals surface area contributed by atoms with Crippen LogP contribution in [0.3, 0.4) is 0 Å². The summed E-state index contributed by atoms with van der Waals surface area (Å²) in [6.07, 6.45) is 2.06. The number of hydrogen-bond donors (Lipinski definition) is 2. The van der Waals surface area contributed by atoms with Crippen molar-refractivity contribution in [3.63, 3.8) is 0 Å². The molecule has 1 unspecified atom stereocenters. The highest BCUT2D eigenvalue weighted by atomic mass is 19.1. The van der Waals surface area contributed by atoms with Gasteiger partial charge >= 0.3 is 5.97 Å². The molecule has 0 amide bonds. The molecule has 1 aromatic carbocycles. The number of carboxylic acids is 1. The Morgan fingerprint density at radius 3 is 3.06 bits per heavy atom. The summed E-state index contributed by atoms with van der Waals surface area (Å²) < 4.78 is 18.8. The van der Waals surface area contributed by atoms with E-state index in [-0.39, 0.29) is 17.4 Å². The van der Waals surface area contributed by atoms with Gasteiger partial charge < -0.3 is 15.2 Å². The summed E-state index contributed by atoms with van der Waals surface area (Å²) in [5.41, 5.74) is 0.279. The van der Waals surface area contributed by atoms with Crippen LogP contribution in [0, 0.1) is 5.82 Å². The van der Waals surface area contributed by atoms with Gasteiger partial charge in [-0.3, -0.25) is 0 Å². The molecule has 0 aliphatic carbocycles. The second-order valence-electron chi connectivity index (χ2n) is 4.02. The monoisotopic (exact) mass is 239 g/mol. The van der Waals surface area contributed by atoms with Gasteiger partial charge in [-0.2, -0.15) is 0 Å². The lowest BCUT2D eigenvalue weighted by atomic mass is 10.2. The fourth-order valence-electron chi connectivity index (χ4n) is 1.82. The Morgan fingerprint density at radius 1 is 1.59 bits per heavy atom. The van der Waals surface area contributed by atoms with E-state index < -0.39 is 11.8 Å². The first-order chi connectivity index (χ1) is 8.16. The second-order valence-corrected chi connectivity index (χ2v) is 4.02. The molecule has 1 atom stereocenters. The maximum atomic E-state index is 13.4. The zero-order valence-electron chi connectivity index (χ0n) is 9.28. The molecule has 92 valence electrons. The van der Waals surface area contributed by atoms with E-state index in [0.29, 0.717) is 6.54 Å². The molecule has 0 bridgehead atoms. The van der Waals surface area contributed by atoms with Crippen molar-refractivity contribution >= 4 is 11.7 Å². The Hall–Kier alpha value is -1.62. The molecule has 4 nitrogen and oxygen atoms in total. The van der Waals surface area contributed by atoms with Gasteiger partial charge in [0.15, 0.2) is 0 Å². The first kappa shape index (κ1) is 11.9. The van der Waals surface area contributed by atoms with Gasteiger partial charge in [-0.1, -0.05) is 0 Å². The molecule has 17 heavy (non-hydrogen) atoms. The fraction of sp³-hybridized carbons (Fsp3) is 0.417. The molecule has 0 spiro atoms. The minimum atomic E-state index is -1.06. The molecular weight excluding hydrogens is 225 g/mol. The predicted molar refractivity (Wildman–Crippen MR) is 60.8 cm³/mol. The van der Waals surface area contributed by atoms with Crippen molar-refractivity contribution in [2.45, 2.75) is 18.9 Å². The van der Waals surface area contributed by atoms with Gasteiger partial charge in [0.1, 0.15) is 5.82 Å². The number of carbonyl (C=O) groups is 1. The van der Waals surface area contributed by atoms with Crippen LogP contribution in [0.4, 0.5) is 10.1 Å².